The summed E-state index contributed by atoms with van der Waals surface area (Å²) in [6.45, 7) is 3.86. The number of fused-ring (bicyclic) bond motifs is 2. The van der Waals surface area contributed by atoms with Crippen LogP contribution in [-0.4, -0.2) is 5.78 Å². The molecule has 0 heterocycles. The smallest absolute Gasteiger partial charge is 0.156 e. The lowest BCUT2D eigenvalue weighted by Crippen LogP contribution is -2.29. The summed E-state index contributed by atoms with van der Waals surface area (Å²) in [7, 11) is 0. The molecule has 1 heteroatoms. The van der Waals surface area contributed by atoms with E-state index in [4.69, 9.17) is 0 Å². The highest BCUT2D eigenvalue weighted by molar-refractivity contribution is 5.94. The normalized spacial score (nSPS) is 29.3. The Labute approximate surface area is 133 Å². The first-order chi connectivity index (χ1) is 10.7. The number of hydrogen-bond acceptors (Lipinski definition) is 1. The number of carbonyl (C=O) groups excluding carboxylic acids is 1. The first-order valence-corrected chi connectivity index (χ1v) is 8.30. The lowest BCUT2D eigenvalue weighted by molar-refractivity contribution is -0.117. The second kappa shape index (κ2) is 6.48. The topological polar surface area (TPSA) is 17.1 Å². The van der Waals surface area contributed by atoms with E-state index < -0.39 is 0 Å². The quantitative estimate of drug-likeness (QED) is 0.498. The zero-order valence-corrected chi connectivity index (χ0v) is 13.1. The van der Waals surface area contributed by atoms with Gasteiger partial charge in [-0.05, 0) is 54.6 Å². The van der Waals surface area contributed by atoms with E-state index in [0.29, 0.717) is 18.3 Å². The molecule has 1 aromatic rings. The number of ketones is 1. The van der Waals surface area contributed by atoms with E-state index >= 15 is 0 Å². The van der Waals surface area contributed by atoms with Gasteiger partial charge >= 0.3 is 0 Å². The molecule has 1 aromatic carbocycles. The largest absolute Gasteiger partial charge is 0.295 e. The molecule has 0 aliphatic heterocycles. The molecule has 0 N–H and O–H groups in total. The Hall–Kier alpha value is -1.89. The van der Waals surface area contributed by atoms with Crippen LogP contribution < -0.4 is 0 Å². The Morgan fingerprint density at radius 3 is 2.45 bits per heavy atom. The molecular formula is C21H24O. The average Bonchev–Trinajstić information content (AvgIpc) is 3.06. The van der Waals surface area contributed by atoms with Crippen molar-refractivity contribution in [3.8, 4) is 0 Å². The van der Waals surface area contributed by atoms with Crippen LogP contribution in [0.25, 0.3) is 6.08 Å². The van der Waals surface area contributed by atoms with Gasteiger partial charge < -0.3 is 0 Å². The molecule has 1 saturated carbocycles. The second-order valence-corrected chi connectivity index (χ2v) is 6.62. The molecule has 0 saturated heterocycles. The van der Waals surface area contributed by atoms with Crippen LogP contribution in [-0.2, 0) is 4.79 Å². The number of rotatable bonds is 7. The van der Waals surface area contributed by atoms with Crippen molar-refractivity contribution in [2.24, 2.45) is 17.3 Å². The molecule has 2 aliphatic carbocycles. The van der Waals surface area contributed by atoms with Crippen molar-refractivity contribution in [3.05, 3.63) is 66.8 Å². The van der Waals surface area contributed by atoms with Gasteiger partial charge in [0, 0.05) is 6.42 Å². The van der Waals surface area contributed by atoms with Crippen molar-refractivity contribution in [1.82, 2.24) is 0 Å². The Morgan fingerprint density at radius 2 is 1.86 bits per heavy atom. The van der Waals surface area contributed by atoms with E-state index in [9.17, 15) is 4.79 Å². The van der Waals surface area contributed by atoms with Gasteiger partial charge in [0.25, 0.3) is 0 Å². The molecule has 0 radical (unpaired) electrons. The number of allylic oxidation sites excluding steroid dienone is 4. The maximum Gasteiger partial charge on any atom is 0.156 e. The van der Waals surface area contributed by atoms with Crippen LogP contribution in [0.15, 0.2) is 61.2 Å². The fourth-order valence-corrected chi connectivity index (χ4v) is 4.28. The molecule has 0 spiro atoms. The Balaban J connectivity index is 1.70. The molecule has 1 fully saturated rings. The Morgan fingerprint density at radius 1 is 1.18 bits per heavy atom. The van der Waals surface area contributed by atoms with Crippen LogP contribution in [0.4, 0.5) is 0 Å². The standard InChI is InChI=1S/C21H24O/c1-2-3-15-21(18-10-11-19(21)13-12-18)16-20(22)14-9-17-7-5-4-6-8-17/h2,4-11,14,18-19H,1,3,12-13,15-16H2/b14-9+/t18-,19+,21?. The second-order valence-electron chi connectivity index (χ2n) is 6.62. The fourth-order valence-electron chi connectivity index (χ4n) is 4.28. The van der Waals surface area contributed by atoms with E-state index in [1.807, 2.05) is 42.5 Å². The minimum Gasteiger partial charge on any atom is -0.295 e. The molecule has 2 aliphatic rings. The van der Waals surface area contributed by atoms with E-state index in [-0.39, 0.29) is 11.2 Å². The third-order valence-corrected chi connectivity index (χ3v) is 5.42. The molecule has 3 rings (SSSR count). The third kappa shape index (κ3) is 2.85. The van der Waals surface area contributed by atoms with E-state index in [1.54, 1.807) is 6.08 Å². The summed E-state index contributed by atoms with van der Waals surface area (Å²) in [5, 5.41) is 0. The van der Waals surface area contributed by atoms with Gasteiger partial charge in [0.15, 0.2) is 5.78 Å². The maximum atomic E-state index is 12.5. The highest BCUT2D eigenvalue weighted by Crippen LogP contribution is 2.58. The lowest BCUT2D eigenvalue weighted by Gasteiger charge is -2.34. The van der Waals surface area contributed by atoms with E-state index in [0.717, 1.165) is 18.4 Å². The molecule has 0 amide bonds. The number of hydrogen-bond donors (Lipinski definition) is 0. The summed E-state index contributed by atoms with van der Waals surface area (Å²) in [5.74, 6) is 1.44. The maximum absolute atomic E-state index is 12.5. The number of benzene rings is 1. The van der Waals surface area contributed by atoms with E-state index in [2.05, 4.69) is 18.7 Å². The van der Waals surface area contributed by atoms with Crippen LogP contribution in [0, 0.1) is 17.3 Å². The predicted octanol–water partition coefficient (Wildman–Crippen LogP) is 5.21. The van der Waals surface area contributed by atoms with E-state index in [1.165, 1.54) is 12.8 Å². The van der Waals surface area contributed by atoms with Crippen LogP contribution in [0.3, 0.4) is 0 Å². The zero-order chi connectivity index (χ0) is 15.4. The Kier molecular flexibility index (Phi) is 4.42. The van der Waals surface area contributed by atoms with Gasteiger partial charge in [0.1, 0.15) is 0 Å². The summed E-state index contributed by atoms with van der Waals surface area (Å²) >= 11 is 0. The van der Waals surface area contributed by atoms with Gasteiger partial charge in [-0.3, -0.25) is 4.79 Å². The van der Waals surface area contributed by atoms with Gasteiger partial charge in [-0.15, -0.1) is 6.58 Å². The van der Waals surface area contributed by atoms with Crippen molar-refractivity contribution in [3.63, 3.8) is 0 Å². The summed E-state index contributed by atoms with van der Waals surface area (Å²) in [6.07, 6.45) is 15.7. The van der Waals surface area contributed by atoms with Crippen LogP contribution in [0.5, 0.6) is 0 Å². The van der Waals surface area contributed by atoms with Crippen LogP contribution >= 0.6 is 0 Å². The highest BCUT2D eigenvalue weighted by Gasteiger charge is 2.51. The van der Waals surface area contributed by atoms with Gasteiger partial charge in [-0.1, -0.05) is 54.6 Å². The molecule has 2 bridgehead atoms. The molecule has 1 unspecified atom stereocenters. The minimum absolute atomic E-state index is 0.159. The molecule has 0 aromatic heterocycles. The zero-order valence-electron chi connectivity index (χ0n) is 13.1. The first-order valence-electron chi connectivity index (χ1n) is 8.30. The van der Waals surface area contributed by atoms with Crippen LogP contribution in [0.1, 0.15) is 37.7 Å². The molecular weight excluding hydrogens is 268 g/mol. The van der Waals surface area contributed by atoms with Gasteiger partial charge in [0.05, 0.1) is 0 Å². The summed E-state index contributed by atoms with van der Waals surface area (Å²) in [5.41, 5.74) is 1.25. The summed E-state index contributed by atoms with van der Waals surface area (Å²) in [6, 6.07) is 10.0. The molecule has 22 heavy (non-hydrogen) atoms. The Bertz CT molecular complexity index is 580. The van der Waals surface area contributed by atoms with Crippen molar-refractivity contribution in [2.45, 2.75) is 32.1 Å². The van der Waals surface area contributed by atoms with Gasteiger partial charge in [0.2, 0.25) is 0 Å². The van der Waals surface area contributed by atoms with Gasteiger partial charge in [-0.2, -0.15) is 0 Å². The van der Waals surface area contributed by atoms with Crippen molar-refractivity contribution in [1.29, 1.82) is 0 Å². The fraction of sp³-hybridized carbons (Fsp3) is 0.381. The van der Waals surface area contributed by atoms with Crippen molar-refractivity contribution < 1.29 is 4.79 Å². The van der Waals surface area contributed by atoms with Crippen LogP contribution in [0.2, 0.25) is 0 Å². The summed E-state index contributed by atoms with van der Waals surface area (Å²) in [4.78, 5) is 12.5. The first kappa shape index (κ1) is 15.0. The minimum atomic E-state index is 0.159. The number of carbonyl (C=O) groups is 1. The average molecular weight is 292 g/mol. The summed E-state index contributed by atoms with van der Waals surface area (Å²) < 4.78 is 0. The lowest BCUT2D eigenvalue weighted by atomic mass is 9.69. The molecule has 114 valence electrons. The highest BCUT2D eigenvalue weighted by atomic mass is 16.1. The molecule has 3 atom stereocenters. The monoisotopic (exact) mass is 292 g/mol. The van der Waals surface area contributed by atoms with Crippen molar-refractivity contribution >= 4 is 11.9 Å². The molecule has 1 nitrogen and oxygen atoms in total. The predicted molar refractivity (Wildman–Crippen MR) is 92.3 cm³/mol. The third-order valence-electron chi connectivity index (χ3n) is 5.42. The van der Waals surface area contributed by atoms with Gasteiger partial charge in [-0.25, -0.2) is 0 Å². The van der Waals surface area contributed by atoms with Crippen molar-refractivity contribution in [2.75, 3.05) is 0 Å². The SMILES string of the molecule is C=CCCC1(CC(=O)/C=C/c2ccccc2)[C@@H]2C=C[C@H]1CC2.